The largest absolute Gasteiger partial charge is 0.497 e. The summed E-state index contributed by atoms with van der Waals surface area (Å²) in [4.78, 5) is 29.8. The molecule has 4 rings (SSSR count). The van der Waals surface area contributed by atoms with E-state index in [-0.39, 0.29) is 24.1 Å². The van der Waals surface area contributed by atoms with Crippen molar-refractivity contribution in [3.8, 4) is 5.75 Å². The molecule has 0 spiro atoms. The first kappa shape index (κ1) is 21.2. The number of rotatable bonds is 8. The van der Waals surface area contributed by atoms with E-state index in [1.807, 2.05) is 60.0 Å². The summed E-state index contributed by atoms with van der Waals surface area (Å²) in [6, 6.07) is 17.9. The molecule has 0 aliphatic carbocycles. The molecule has 1 atom stereocenters. The first-order valence-electron chi connectivity index (χ1n) is 10.2. The van der Waals surface area contributed by atoms with E-state index in [0.29, 0.717) is 12.4 Å². The van der Waals surface area contributed by atoms with Crippen LogP contribution in [0.5, 0.6) is 5.75 Å². The number of hydrogen-bond acceptors (Lipinski definition) is 5. The van der Waals surface area contributed by atoms with Crippen LogP contribution < -0.4 is 15.4 Å². The average molecular weight is 432 g/mol. The fraction of sp³-hybridized carbons (Fsp3) is 0.208. The maximum Gasteiger partial charge on any atom is 0.287 e. The third kappa shape index (κ3) is 4.64. The summed E-state index contributed by atoms with van der Waals surface area (Å²) < 4.78 is 12.1. The molecule has 2 aromatic carbocycles. The highest BCUT2D eigenvalue weighted by Gasteiger charge is 2.21. The highest BCUT2D eigenvalue weighted by molar-refractivity contribution is 5.91. The molecular weight excluding hydrogens is 408 g/mol. The van der Waals surface area contributed by atoms with Gasteiger partial charge in [-0.1, -0.05) is 24.3 Å². The molecule has 0 fully saturated rings. The summed E-state index contributed by atoms with van der Waals surface area (Å²) >= 11 is 0. The van der Waals surface area contributed by atoms with Gasteiger partial charge in [0, 0.05) is 6.54 Å². The first-order valence-corrected chi connectivity index (χ1v) is 10.2. The normalized spacial score (nSPS) is 11.8. The SMILES string of the molecule is COc1ccc(CNC(=O)Cn2c(C(C)NC(=O)c3ccco3)nc3ccccc32)cc1. The lowest BCUT2D eigenvalue weighted by atomic mass is 10.2. The van der Waals surface area contributed by atoms with Crippen molar-refractivity contribution in [1.82, 2.24) is 20.2 Å². The lowest BCUT2D eigenvalue weighted by Gasteiger charge is -2.16. The van der Waals surface area contributed by atoms with Gasteiger partial charge in [0.2, 0.25) is 5.91 Å². The number of carbonyl (C=O) groups excluding carboxylic acids is 2. The summed E-state index contributed by atoms with van der Waals surface area (Å²) in [6.45, 7) is 2.30. The van der Waals surface area contributed by atoms with E-state index in [0.717, 1.165) is 22.3 Å². The number of nitrogens with one attached hydrogen (secondary N) is 2. The molecule has 1 unspecified atom stereocenters. The number of methoxy groups -OCH3 is 1. The van der Waals surface area contributed by atoms with Crippen LogP contribution in [0.25, 0.3) is 11.0 Å². The number of imidazole rings is 1. The Hall–Kier alpha value is -4.07. The minimum absolute atomic E-state index is 0.0764. The summed E-state index contributed by atoms with van der Waals surface area (Å²) in [5.74, 6) is 1.07. The van der Waals surface area contributed by atoms with Gasteiger partial charge in [-0.05, 0) is 48.9 Å². The average Bonchev–Trinajstić information content (AvgIpc) is 3.47. The quantitative estimate of drug-likeness (QED) is 0.444. The number of para-hydroxylation sites is 2. The molecule has 2 heterocycles. The van der Waals surface area contributed by atoms with E-state index in [1.54, 1.807) is 19.2 Å². The van der Waals surface area contributed by atoms with Crippen LogP contribution in [0.1, 0.15) is 34.9 Å². The Morgan fingerprint density at radius 3 is 2.59 bits per heavy atom. The van der Waals surface area contributed by atoms with Gasteiger partial charge in [0.1, 0.15) is 18.1 Å². The van der Waals surface area contributed by atoms with E-state index in [1.165, 1.54) is 6.26 Å². The number of aromatic nitrogens is 2. The molecule has 164 valence electrons. The topological polar surface area (TPSA) is 98.4 Å². The number of hydrogen-bond donors (Lipinski definition) is 2. The van der Waals surface area contributed by atoms with Crippen molar-refractivity contribution in [2.75, 3.05) is 7.11 Å². The Morgan fingerprint density at radius 1 is 1.09 bits per heavy atom. The van der Waals surface area contributed by atoms with Crippen molar-refractivity contribution in [3.05, 3.63) is 84.1 Å². The van der Waals surface area contributed by atoms with Crippen LogP contribution in [0.15, 0.2) is 71.3 Å². The molecule has 2 N–H and O–H groups in total. The second-order valence-electron chi connectivity index (χ2n) is 7.34. The number of fused-ring (bicyclic) bond motifs is 1. The highest BCUT2D eigenvalue weighted by Crippen LogP contribution is 2.21. The summed E-state index contributed by atoms with van der Waals surface area (Å²) in [7, 11) is 1.61. The van der Waals surface area contributed by atoms with Crippen LogP contribution in [0, 0.1) is 0 Å². The van der Waals surface area contributed by atoms with Crippen LogP contribution in [0.4, 0.5) is 0 Å². The Morgan fingerprint density at radius 2 is 1.88 bits per heavy atom. The van der Waals surface area contributed by atoms with Gasteiger partial charge in [-0.25, -0.2) is 4.98 Å². The van der Waals surface area contributed by atoms with Crippen LogP contribution in [0.2, 0.25) is 0 Å². The molecule has 0 radical (unpaired) electrons. The molecule has 8 nitrogen and oxygen atoms in total. The minimum atomic E-state index is -0.436. The second kappa shape index (κ2) is 9.38. The summed E-state index contributed by atoms with van der Waals surface area (Å²) in [6.07, 6.45) is 1.45. The van der Waals surface area contributed by atoms with Crippen LogP contribution in [-0.4, -0.2) is 28.5 Å². The second-order valence-corrected chi connectivity index (χ2v) is 7.34. The Kier molecular flexibility index (Phi) is 6.21. The minimum Gasteiger partial charge on any atom is -0.497 e. The van der Waals surface area contributed by atoms with E-state index in [4.69, 9.17) is 9.15 Å². The molecule has 2 amide bonds. The summed E-state index contributed by atoms with van der Waals surface area (Å²) in [5.41, 5.74) is 2.54. The molecule has 0 aliphatic heterocycles. The van der Waals surface area contributed by atoms with Gasteiger partial charge < -0.3 is 24.4 Å². The lowest BCUT2D eigenvalue weighted by Crippen LogP contribution is -2.31. The van der Waals surface area contributed by atoms with Crippen molar-refractivity contribution in [1.29, 1.82) is 0 Å². The monoisotopic (exact) mass is 432 g/mol. The van der Waals surface area contributed by atoms with E-state index in [2.05, 4.69) is 15.6 Å². The van der Waals surface area contributed by atoms with E-state index in [9.17, 15) is 9.59 Å². The fourth-order valence-electron chi connectivity index (χ4n) is 3.47. The molecule has 2 aromatic heterocycles. The number of furan rings is 1. The standard InChI is InChI=1S/C24H24N4O4/c1-16(26-24(30)21-8-5-13-32-21)23-27-19-6-3-4-7-20(19)28(23)15-22(29)25-14-17-9-11-18(31-2)12-10-17/h3-13,16H,14-15H2,1-2H3,(H,25,29)(H,26,30). The van der Waals surface area contributed by atoms with Gasteiger partial charge in [-0.15, -0.1) is 0 Å². The van der Waals surface area contributed by atoms with Crippen molar-refractivity contribution in [2.45, 2.75) is 26.1 Å². The van der Waals surface area contributed by atoms with Gasteiger partial charge >= 0.3 is 0 Å². The molecule has 8 heteroatoms. The predicted octanol–water partition coefficient (Wildman–Crippen LogP) is 3.45. The van der Waals surface area contributed by atoms with E-state index >= 15 is 0 Å². The molecule has 0 saturated heterocycles. The predicted molar refractivity (Wildman–Crippen MR) is 119 cm³/mol. The molecule has 32 heavy (non-hydrogen) atoms. The van der Waals surface area contributed by atoms with Gasteiger partial charge in [0.15, 0.2) is 5.76 Å². The zero-order valence-electron chi connectivity index (χ0n) is 17.9. The van der Waals surface area contributed by atoms with Gasteiger partial charge in [-0.2, -0.15) is 0 Å². The fourth-order valence-corrected chi connectivity index (χ4v) is 3.47. The van der Waals surface area contributed by atoms with Crippen LogP contribution in [-0.2, 0) is 17.9 Å². The number of ether oxygens (including phenoxy) is 1. The number of nitrogens with zero attached hydrogens (tertiary/aromatic N) is 2. The molecule has 0 aliphatic rings. The van der Waals surface area contributed by atoms with Crippen LogP contribution >= 0.6 is 0 Å². The molecule has 4 aromatic rings. The zero-order valence-corrected chi connectivity index (χ0v) is 17.9. The Labute approximate surface area is 185 Å². The third-order valence-electron chi connectivity index (χ3n) is 5.11. The van der Waals surface area contributed by atoms with Crippen molar-refractivity contribution >= 4 is 22.8 Å². The number of carbonyl (C=O) groups is 2. The van der Waals surface area contributed by atoms with Gasteiger partial charge in [0.05, 0.1) is 30.4 Å². The summed E-state index contributed by atoms with van der Waals surface area (Å²) in [5, 5.41) is 5.82. The maximum atomic E-state index is 12.7. The van der Waals surface area contributed by atoms with E-state index < -0.39 is 6.04 Å². The third-order valence-corrected chi connectivity index (χ3v) is 5.11. The first-order chi connectivity index (χ1) is 15.5. The number of benzene rings is 2. The molecule has 0 bridgehead atoms. The lowest BCUT2D eigenvalue weighted by molar-refractivity contribution is -0.121. The van der Waals surface area contributed by atoms with Gasteiger partial charge in [-0.3, -0.25) is 9.59 Å². The van der Waals surface area contributed by atoms with Gasteiger partial charge in [0.25, 0.3) is 5.91 Å². The smallest absolute Gasteiger partial charge is 0.287 e. The van der Waals surface area contributed by atoms with Crippen molar-refractivity contribution in [3.63, 3.8) is 0 Å². The zero-order chi connectivity index (χ0) is 22.5. The van der Waals surface area contributed by atoms with Crippen molar-refractivity contribution in [2.24, 2.45) is 0 Å². The molecule has 0 saturated carbocycles. The van der Waals surface area contributed by atoms with Crippen molar-refractivity contribution < 1.29 is 18.7 Å². The maximum absolute atomic E-state index is 12.7. The Balaban J connectivity index is 1.50. The van der Waals surface area contributed by atoms with Crippen LogP contribution in [0.3, 0.4) is 0 Å². The number of amides is 2. The Bertz CT molecular complexity index is 1210. The highest BCUT2D eigenvalue weighted by atomic mass is 16.5. The molecular formula is C24H24N4O4.